The van der Waals surface area contributed by atoms with Gasteiger partial charge < -0.3 is 10.2 Å². The maximum Gasteiger partial charge on any atom is 0.241 e. The molecule has 1 fully saturated rings. The molecule has 0 aliphatic heterocycles. The molecule has 0 bridgehead atoms. The van der Waals surface area contributed by atoms with Crippen molar-refractivity contribution in [2.45, 2.75) is 56.7 Å². The van der Waals surface area contributed by atoms with Crippen molar-refractivity contribution >= 4 is 15.9 Å². The van der Waals surface area contributed by atoms with E-state index < -0.39 is 21.2 Å². The van der Waals surface area contributed by atoms with Gasteiger partial charge in [-0.2, -0.15) is 0 Å². The number of hydrogen-bond donors (Lipinski definition) is 2. The van der Waals surface area contributed by atoms with Gasteiger partial charge in [-0.05, 0) is 19.8 Å². The molecule has 21 heavy (non-hydrogen) atoms. The minimum absolute atomic E-state index is 0.323. The molecule has 1 aliphatic rings. The molecule has 0 aromatic rings. The van der Waals surface area contributed by atoms with Crippen LogP contribution in [0.15, 0.2) is 0 Å². The predicted molar refractivity (Wildman–Crippen MR) is 84.6 cm³/mol. The van der Waals surface area contributed by atoms with Gasteiger partial charge in [0.15, 0.2) is 5.25 Å². The first-order chi connectivity index (χ1) is 9.84. The monoisotopic (exact) mass is 319 g/mol. The van der Waals surface area contributed by atoms with Crippen LogP contribution in [-0.2, 0) is 14.8 Å². The van der Waals surface area contributed by atoms with E-state index in [0.29, 0.717) is 19.1 Å². The number of sulfonamides is 1. The van der Waals surface area contributed by atoms with E-state index in [4.69, 9.17) is 0 Å². The number of amides is 1. The van der Waals surface area contributed by atoms with E-state index in [2.05, 4.69) is 10.0 Å². The topological polar surface area (TPSA) is 78.5 Å². The summed E-state index contributed by atoms with van der Waals surface area (Å²) in [7, 11) is -0.481. The van der Waals surface area contributed by atoms with Crippen molar-refractivity contribution in [3.63, 3.8) is 0 Å². The number of nitrogens with one attached hydrogen (secondary N) is 2. The molecular formula is C14H29N3O3S. The molecule has 6 nitrogen and oxygen atoms in total. The first-order valence-electron chi connectivity index (χ1n) is 7.77. The van der Waals surface area contributed by atoms with Crippen LogP contribution in [0.3, 0.4) is 0 Å². The third-order valence-electron chi connectivity index (χ3n) is 3.97. The summed E-state index contributed by atoms with van der Waals surface area (Å²) < 4.78 is 26.5. The molecule has 0 saturated heterocycles. The van der Waals surface area contributed by atoms with Crippen molar-refractivity contribution in [1.82, 2.24) is 14.9 Å². The third kappa shape index (κ3) is 6.32. The van der Waals surface area contributed by atoms with Gasteiger partial charge in [-0.1, -0.05) is 25.7 Å². The van der Waals surface area contributed by atoms with E-state index in [0.717, 1.165) is 0 Å². The van der Waals surface area contributed by atoms with Crippen molar-refractivity contribution in [2.75, 3.05) is 27.2 Å². The summed E-state index contributed by atoms with van der Waals surface area (Å²) in [6, 6.07) is 0.498. The molecule has 0 spiro atoms. The quantitative estimate of drug-likeness (QED) is 0.535. The number of carbonyl (C=O) groups excluding carboxylic acids is 1. The minimum atomic E-state index is -3.60. The highest BCUT2D eigenvalue weighted by Crippen LogP contribution is 2.16. The highest BCUT2D eigenvalue weighted by molar-refractivity contribution is 7.90. The van der Waals surface area contributed by atoms with Gasteiger partial charge in [-0.25, -0.2) is 13.1 Å². The SMILES string of the molecule is CC(C(=O)N(C)C)S(=O)(=O)NCCNC1CCCCCC1. The van der Waals surface area contributed by atoms with Crippen LogP contribution >= 0.6 is 0 Å². The number of nitrogens with zero attached hydrogens (tertiary/aromatic N) is 1. The Labute approximate surface area is 128 Å². The molecule has 1 atom stereocenters. The van der Waals surface area contributed by atoms with Crippen LogP contribution in [0.1, 0.15) is 45.4 Å². The van der Waals surface area contributed by atoms with E-state index in [1.807, 2.05) is 0 Å². The Bertz CT molecular complexity index is 415. The summed E-state index contributed by atoms with van der Waals surface area (Å²) in [6.45, 7) is 2.35. The summed E-state index contributed by atoms with van der Waals surface area (Å²) in [5.41, 5.74) is 0. The average Bonchev–Trinajstić information content (AvgIpc) is 2.70. The predicted octanol–water partition coefficient (Wildman–Crippen LogP) is 0.695. The molecule has 2 N–H and O–H groups in total. The van der Waals surface area contributed by atoms with Crippen LogP contribution in [0.2, 0.25) is 0 Å². The Morgan fingerprint density at radius 1 is 1.14 bits per heavy atom. The normalized spacial score (nSPS) is 19.0. The highest BCUT2D eigenvalue weighted by Gasteiger charge is 2.28. The van der Waals surface area contributed by atoms with Gasteiger partial charge in [-0.3, -0.25) is 4.79 Å². The maximum absolute atomic E-state index is 12.0. The zero-order valence-electron chi connectivity index (χ0n) is 13.4. The van der Waals surface area contributed by atoms with Crippen LogP contribution in [0.25, 0.3) is 0 Å². The average molecular weight is 319 g/mol. The van der Waals surface area contributed by atoms with E-state index in [-0.39, 0.29) is 0 Å². The zero-order valence-corrected chi connectivity index (χ0v) is 14.2. The Morgan fingerprint density at radius 2 is 1.71 bits per heavy atom. The Kier molecular flexibility index (Phi) is 7.62. The lowest BCUT2D eigenvalue weighted by atomic mass is 10.1. The summed E-state index contributed by atoms with van der Waals surface area (Å²) in [5.74, 6) is -0.403. The van der Waals surface area contributed by atoms with E-state index in [1.54, 1.807) is 14.1 Å². The molecule has 1 unspecified atom stereocenters. The van der Waals surface area contributed by atoms with Crippen molar-refractivity contribution in [3.05, 3.63) is 0 Å². The van der Waals surface area contributed by atoms with Crippen molar-refractivity contribution in [3.8, 4) is 0 Å². The lowest BCUT2D eigenvalue weighted by Gasteiger charge is -2.19. The molecule has 1 rings (SSSR count). The second-order valence-corrected chi connectivity index (χ2v) is 8.04. The molecule has 1 saturated carbocycles. The Morgan fingerprint density at radius 3 is 2.24 bits per heavy atom. The molecule has 0 aromatic heterocycles. The van der Waals surface area contributed by atoms with Crippen LogP contribution in [0.4, 0.5) is 0 Å². The summed E-state index contributed by atoms with van der Waals surface area (Å²) >= 11 is 0. The van der Waals surface area contributed by atoms with E-state index >= 15 is 0 Å². The zero-order chi connectivity index (χ0) is 15.9. The first-order valence-corrected chi connectivity index (χ1v) is 9.32. The molecular weight excluding hydrogens is 290 g/mol. The highest BCUT2D eigenvalue weighted by atomic mass is 32.2. The second kappa shape index (κ2) is 8.70. The fraction of sp³-hybridized carbons (Fsp3) is 0.929. The molecule has 0 radical (unpaired) electrons. The number of carbonyl (C=O) groups is 1. The van der Waals surface area contributed by atoms with Crippen LogP contribution in [-0.4, -0.2) is 57.7 Å². The summed E-state index contributed by atoms with van der Waals surface area (Å²) in [6.07, 6.45) is 7.43. The van der Waals surface area contributed by atoms with Crippen molar-refractivity contribution in [2.24, 2.45) is 0 Å². The van der Waals surface area contributed by atoms with Gasteiger partial charge in [0.1, 0.15) is 0 Å². The van der Waals surface area contributed by atoms with Crippen molar-refractivity contribution in [1.29, 1.82) is 0 Å². The van der Waals surface area contributed by atoms with Crippen molar-refractivity contribution < 1.29 is 13.2 Å². The molecule has 7 heteroatoms. The maximum atomic E-state index is 12.0. The van der Waals surface area contributed by atoms with Crippen LogP contribution in [0.5, 0.6) is 0 Å². The number of rotatable bonds is 7. The van der Waals surface area contributed by atoms with Gasteiger partial charge in [-0.15, -0.1) is 0 Å². The largest absolute Gasteiger partial charge is 0.348 e. The molecule has 1 aliphatic carbocycles. The van der Waals surface area contributed by atoms with Gasteiger partial charge in [0.25, 0.3) is 0 Å². The molecule has 124 valence electrons. The standard InChI is InChI=1S/C14H29N3O3S/c1-12(14(18)17(2)3)21(19,20)16-11-10-15-13-8-6-4-5-7-9-13/h12-13,15-16H,4-11H2,1-3H3. The second-order valence-electron chi connectivity index (χ2n) is 5.96. The first kappa shape index (κ1) is 18.4. The fourth-order valence-corrected chi connectivity index (χ4v) is 3.69. The lowest BCUT2D eigenvalue weighted by molar-refractivity contribution is -0.127. The molecule has 1 amide bonds. The van der Waals surface area contributed by atoms with Crippen LogP contribution in [0, 0.1) is 0 Å². The summed E-state index contributed by atoms with van der Waals surface area (Å²) in [5, 5.41) is 2.35. The van der Waals surface area contributed by atoms with E-state index in [1.165, 1.54) is 50.3 Å². The fourth-order valence-electron chi connectivity index (χ4n) is 2.57. The van der Waals surface area contributed by atoms with Gasteiger partial charge in [0.2, 0.25) is 15.9 Å². The smallest absolute Gasteiger partial charge is 0.241 e. The third-order valence-corrected chi connectivity index (χ3v) is 5.71. The summed E-state index contributed by atoms with van der Waals surface area (Å²) in [4.78, 5) is 13.0. The van der Waals surface area contributed by atoms with Crippen LogP contribution < -0.4 is 10.0 Å². The van der Waals surface area contributed by atoms with Gasteiger partial charge in [0, 0.05) is 33.2 Å². The Balaban J connectivity index is 2.31. The lowest BCUT2D eigenvalue weighted by Crippen LogP contribution is -2.45. The van der Waals surface area contributed by atoms with Gasteiger partial charge in [0.05, 0.1) is 0 Å². The van der Waals surface area contributed by atoms with E-state index in [9.17, 15) is 13.2 Å². The minimum Gasteiger partial charge on any atom is -0.348 e. The van der Waals surface area contributed by atoms with Gasteiger partial charge >= 0.3 is 0 Å². The Hall–Kier alpha value is -0.660. The molecule has 0 heterocycles. The number of hydrogen-bond acceptors (Lipinski definition) is 4. The molecule has 0 aromatic carbocycles.